The molecule has 10 heteroatoms. The Balaban J connectivity index is 1.53. The molecule has 1 unspecified atom stereocenters. The van der Waals surface area contributed by atoms with Gasteiger partial charge in [0.2, 0.25) is 0 Å². The number of para-hydroxylation sites is 1. The first-order valence-corrected chi connectivity index (χ1v) is 11.4. The number of aromatic carboxylic acids is 1. The molecule has 0 bridgehead atoms. The van der Waals surface area contributed by atoms with Crippen molar-refractivity contribution in [1.82, 2.24) is 19.0 Å². The molecule has 5 rings (SSSR count). The lowest BCUT2D eigenvalue weighted by molar-refractivity contribution is 0.0698. The molecule has 0 spiro atoms. The van der Waals surface area contributed by atoms with Crippen molar-refractivity contribution in [2.24, 2.45) is 0 Å². The van der Waals surface area contributed by atoms with Crippen molar-refractivity contribution in [2.45, 2.75) is 13.5 Å². The fraction of sp³-hybridized carbons (Fsp3) is 0.120. The number of benzene rings is 3. The lowest BCUT2D eigenvalue weighted by Crippen LogP contribution is -2.08. The summed E-state index contributed by atoms with van der Waals surface area (Å²) in [5.41, 5.74) is 4.76. The van der Waals surface area contributed by atoms with Crippen LogP contribution in [0.25, 0.3) is 33.5 Å². The predicted molar refractivity (Wildman–Crippen MR) is 134 cm³/mol. The number of aromatic nitrogens is 4. The molecule has 5 aromatic rings. The van der Waals surface area contributed by atoms with Crippen LogP contribution in [0.15, 0.2) is 76.0 Å². The minimum atomic E-state index is -1.02. The molecular formula is C25H21N4O5P. The molecule has 0 saturated heterocycles. The van der Waals surface area contributed by atoms with Crippen molar-refractivity contribution >= 4 is 26.4 Å². The van der Waals surface area contributed by atoms with Gasteiger partial charge in [-0.15, -0.1) is 0 Å². The molecule has 1 N–H and O–H groups in total. The molecule has 0 radical (unpaired) electrons. The Hall–Kier alpha value is -4.23. The standard InChI is InChI=1S/C25H21N4O5P/c1-2-33-24-26-20-9-5-8-19(23(30)31)21(20)28(24)14-15-10-12-16(13-11-15)17-6-3-4-7-18(17)22-27-34-25(32)29(22)35/h3-13H,2,14,35H2,1H3,(H,30,31). The molecule has 0 aliphatic carbocycles. The third-order valence-corrected chi connectivity index (χ3v) is 6.10. The zero-order valence-electron chi connectivity index (χ0n) is 18.7. The highest BCUT2D eigenvalue weighted by molar-refractivity contribution is 7.14. The van der Waals surface area contributed by atoms with Crippen molar-refractivity contribution in [3.8, 4) is 28.5 Å². The van der Waals surface area contributed by atoms with Crippen LogP contribution in [0.1, 0.15) is 22.8 Å². The summed E-state index contributed by atoms with van der Waals surface area (Å²) >= 11 is 0. The highest BCUT2D eigenvalue weighted by atomic mass is 31.0. The molecule has 1 atom stereocenters. The van der Waals surface area contributed by atoms with E-state index in [9.17, 15) is 14.7 Å². The number of carboxylic acids is 1. The lowest BCUT2D eigenvalue weighted by atomic mass is 9.98. The second kappa shape index (κ2) is 9.19. The summed E-state index contributed by atoms with van der Waals surface area (Å²) in [6.07, 6.45) is 0. The van der Waals surface area contributed by atoms with Crippen LogP contribution in [0.2, 0.25) is 0 Å². The molecule has 9 nitrogen and oxygen atoms in total. The maximum absolute atomic E-state index is 11.8. The Morgan fingerprint density at radius 2 is 1.80 bits per heavy atom. The summed E-state index contributed by atoms with van der Waals surface area (Å²) in [7, 11) is 2.31. The van der Waals surface area contributed by atoms with Gasteiger partial charge in [0.05, 0.1) is 29.7 Å². The monoisotopic (exact) mass is 488 g/mol. The summed E-state index contributed by atoms with van der Waals surface area (Å²) in [5, 5.41) is 13.6. The Bertz CT molecular complexity index is 1600. The van der Waals surface area contributed by atoms with Crippen LogP contribution in [0.4, 0.5) is 0 Å². The van der Waals surface area contributed by atoms with Gasteiger partial charge in [-0.1, -0.05) is 59.8 Å². The first-order valence-electron chi connectivity index (χ1n) is 10.9. The van der Waals surface area contributed by atoms with Gasteiger partial charge in [-0.2, -0.15) is 4.98 Å². The first-order chi connectivity index (χ1) is 17.0. The predicted octanol–water partition coefficient (Wildman–Crippen LogP) is 4.30. The van der Waals surface area contributed by atoms with Crippen molar-refractivity contribution in [2.75, 3.05) is 6.61 Å². The Labute approximate surface area is 201 Å². The fourth-order valence-electron chi connectivity index (χ4n) is 4.06. The molecule has 2 heterocycles. The van der Waals surface area contributed by atoms with E-state index in [1.807, 2.05) is 55.5 Å². The molecule has 3 aromatic carbocycles. The smallest absolute Gasteiger partial charge is 0.444 e. The van der Waals surface area contributed by atoms with Crippen LogP contribution in [-0.4, -0.2) is 36.7 Å². The van der Waals surface area contributed by atoms with Crippen LogP contribution in [0.3, 0.4) is 0 Å². The van der Waals surface area contributed by atoms with E-state index >= 15 is 0 Å². The van der Waals surface area contributed by atoms with Crippen molar-refractivity contribution in [1.29, 1.82) is 0 Å². The SMILES string of the molecule is CCOc1nc2cccc(C(=O)O)c2n1Cc1ccc(-c2ccccc2-c2noc(=O)n2P)cc1. The summed E-state index contributed by atoms with van der Waals surface area (Å²) in [4.78, 5) is 28.1. The molecule has 35 heavy (non-hydrogen) atoms. The van der Waals surface area contributed by atoms with Crippen molar-refractivity contribution in [3.63, 3.8) is 0 Å². The molecule has 0 aliphatic heterocycles. The van der Waals surface area contributed by atoms with E-state index in [1.54, 1.807) is 22.8 Å². The third-order valence-electron chi connectivity index (χ3n) is 5.64. The minimum absolute atomic E-state index is 0.169. The maximum atomic E-state index is 11.8. The van der Waals surface area contributed by atoms with E-state index in [2.05, 4.69) is 19.5 Å². The number of hydrogen-bond acceptors (Lipinski definition) is 6. The van der Waals surface area contributed by atoms with Crippen LogP contribution < -0.4 is 10.5 Å². The molecule has 0 saturated carbocycles. The molecule has 0 aliphatic rings. The van der Waals surface area contributed by atoms with Gasteiger partial charge < -0.3 is 9.84 Å². The molecule has 0 fully saturated rings. The summed E-state index contributed by atoms with van der Waals surface area (Å²) < 4.78 is 13.6. The number of ether oxygens (including phenoxy) is 1. The van der Waals surface area contributed by atoms with E-state index in [1.165, 1.54) is 4.34 Å². The van der Waals surface area contributed by atoms with Crippen LogP contribution in [0.5, 0.6) is 6.01 Å². The Kier molecular flexibility index (Phi) is 5.93. The number of rotatable bonds is 7. The Morgan fingerprint density at radius 3 is 2.46 bits per heavy atom. The molecular weight excluding hydrogens is 467 g/mol. The van der Waals surface area contributed by atoms with Gasteiger partial charge >= 0.3 is 11.7 Å². The first kappa shape index (κ1) is 22.6. The van der Waals surface area contributed by atoms with Crippen LogP contribution in [-0.2, 0) is 6.54 Å². The largest absolute Gasteiger partial charge is 0.478 e. The third kappa shape index (κ3) is 4.11. The fourth-order valence-corrected chi connectivity index (χ4v) is 4.29. The van der Waals surface area contributed by atoms with E-state index in [0.717, 1.165) is 22.3 Å². The summed E-state index contributed by atoms with van der Waals surface area (Å²) in [6.45, 7) is 2.65. The van der Waals surface area contributed by atoms with Gasteiger partial charge in [0, 0.05) is 5.56 Å². The highest BCUT2D eigenvalue weighted by Gasteiger charge is 2.19. The number of carbonyl (C=O) groups is 1. The second-order valence-electron chi connectivity index (χ2n) is 7.78. The minimum Gasteiger partial charge on any atom is -0.478 e. The number of nitrogens with zero attached hydrogens (tertiary/aromatic N) is 4. The quantitative estimate of drug-likeness (QED) is 0.340. The van der Waals surface area contributed by atoms with E-state index < -0.39 is 11.7 Å². The van der Waals surface area contributed by atoms with Crippen LogP contribution >= 0.6 is 9.39 Å². The van der Waals surface area contributed by atoms with E-state index in [0.29, 0.717) is 36.0 Å². The van der Waals surface area contributed by atoms with Gasteiger partial charge in [0.1, 0.15) is 0 Å². The van der Waals surface area contributed by atoms with Gasteiger partial charge in [0.25, 0.3) is 6.01 Å². The lowest BCUT2D eigenvalue weighted by Gasteiger charge is -2.12. The average molecular weight is 488 g/mol. The average Bonchev–Trinajstić information content (AvgIpc) is 3.39. The summed E-state index contributed by atoms with van der Waals surface area (Å²) in [6, 6.07) is 20.9. The summed E-state index contributed by atoms with van der Waals surface area (Å²) in [5.74, 6) is -1.17. The highest BCUT2D eigenvalue weighted by Crippen LogP contribution is 2.32. The van der Waals surface area contributed by atoms with Crippen molar-refractivity contribution in [3.05, 3.63) is 88.4 Å². The molecule has 0 amide bonds. The van der Waals surface area contributed by atoms with Gasteiger partial charge in [0.15, 0.2) is 5.82 Å². The van der Waals surface area contributed by atoms with Crippen LogP contribution in [0, 0.1) is 0 Å². The Morgan fingerprint density at radius 1 is 1.06 bits per heavy atom. The number of fused-ring (bicyclic) bond motifs is 1. The molecule has 2 aromatic heterocycles. The maximum Gasteiger partial charge on any atom is 0.444 e. The molecule has 176 valence electrons. The zero-order chi connectivity index (χ0) is 24.5. The normalized spacial score (nSPS) is 11.1. The van der Waals surface area contributed by atoms with E-state index in [4.69, 9.17) is 9.26 Å². The topological polar surface area (TPSA) is 112 Å². The van der Waals surface area contributed by atoms with Gasteiger partial charge in [-0.25, -0.2) is 13.9 Å². The van der Waals surface area contributed by atoms with E-state index in [-0.39, 0.29) is 5.56 Å². The zero-order valence-corrected chi connectivity index (χ0v) is 19.9. The van der Waals surface area contributed by atoms with Crippen molar-refractivity contribution < 1.29 is 19.2 Å². The number of carboxylic acid groups (broad SMARTS) is 1. The van der Waals surface area contributed by atoms with Gasteiger partial charge in [-0.3, -0.25) is 9.09 Å². The number of hydrogen-bond donors (Lipinski definition) is 1. The van der Waals surface area contributed by atoms with Gasteiger partial charge in [-0.05, 0) is 45.1 Å². The second-order valence-corrected chi connectivity index (χ2v) is 8.29. The number of imidazole rings is 1.